The Morgan fingerprint density at radius 2 is 1.72 bits per heavy atom. The third kappa shape index (κ3) is 5.14. The molecule has 25 heavy (non-hydrogen) atoms. The van der Waals surface area contributed by atoms with Gasteiger partial charge in [0.05, 0.1) is 0 Å². The fraction of sp³-hybridized carbons (Fsp3) is 0.150. The predicted molar refractivity (Wildman–Crippen MR) is 98.3 cm³/mol. The van der Waals surface area contributed by atoms with Crippen molar-refractivity contribution in [1.29, 1.82) is 0 Å². The Morgan fingerprint density at radius 1 is 0.920 bits per heavy atom. The number of carbonyl (C=O) groups is 1. The van der Waals surface area contributed by atoms with Crippen molar-refractivity contribution in [2.45, 2.75) is 13.0 Å². The third-order valence-corrected chi connectivity index (χ3v) is 3.78. The SMILES string of the molecule is O=C(NCc1ccncc1)c1cc(NCCc2ccccc2)ccn1. The van der Waals surface area contributed by atoms with Crippen LogP contribution in [-0.4, -0.2) is 22.4 Å². The van der Waals surface area contributed by atoms with Crippen molar-refractivity contribution >= 4 is 11.6 Å². The molecule has 5 nitrogen and oxygen atoms in total. The van der Waals surface area contributed by atoms with Gasteiger partial charge in [-0.15, -0.1) is 0 Å². The van der Waals surface area contributed by atoms with Gasteiger partial charge in [-0.3, -0.25) is 14.8 Å². The van der Waals surface area contributed by atoms with Gasteiger partial charge in [0, 0.05) is 37.4 Å². The first-order valence-electron chi connectivity index (χ1n) is 8.22. The summed E-state index contributed by atoms with van der Waals surface area (Å²) in [7, 11) is 0. The van der Waals surface area contributed by atoms with Crippen LogP contribution in [0.5, 0.6) is 0 Å². The summed E-state index contributed by atoms with van der Waals surface area (Å²) in [4.78, 5) is 20.4. The number of nitrogens with zero attached hydrogens (tertiary/aromatic N) is 2. The molecule has 0 radical (unpaired) electrons. The van der Waals surface area contributed by atoms with Crippen LogP contribution < -0.4 is 10.6 Å². The highest BCUT2D eigenvalue weighted by Gasteiger charge is 2.07. The van der Waals surface area contributed by atoms with Crippen molar-refractivity contribution in [2.75, 3.05) is 11.9 Å². The first-order valence-corrected chi connectivity index (χ1v) is 8.22. The highest BCUT2D eigenvalue weighted by atomic mass is 16.1. The normalized spacial score (nSPS) is 10.2. The monoisotopic (exact) mass is 332 g/mol. The zero-order chi connectivity index (χ0) is 17.3. The number of carbonyl (C=O) groups excluding carboxylic acids is 1. The summed E-state index contributed by atoms with van der Waals surface area (Å²) in [6, 6.07) is 17.7. The minimum absolute atomic E-state index is 0.191. The van der Waals surface area contributed by atoms with Gasteiger partial charge in [-0.2, -0.15) is 0 Å². The molecule has 1 aromatic carbocycles. The largest absolute Gasteiger partial charge is 0.385 e. The second kappa shape index (κ2) is 8.59. The Kier molecular flexibility index (Phi) is 5.72. The highest BCUT2D eigenvalue weighted by molar-refractivity contribution is 5.93. The van der Waals surface area contributed by atoms with Crippen LogP contribution in [-0.2, 0) is 13.0 Å². The average Bonchev–Trinajstić information content (AvgIpc) is 2.68. The van der Waals surface area contributed by atoms with Crippen LogP contribution in [0.2, 0.25) is 0 Å². The molecule has 3 aromatic rings. The summed E-state index contributed by atoms with van der Waals surface area (Å²) in [5.74, 6) is -0.191. The molecule has 0 spiro atoms. The van der Waals surface area contributed by atoms with E-state index in [-0.39, 0.29) is 5.91 Å². The molecule has 126 valence electrons. The van der Waals surface area contributed by atoms with E-state index in [9.17, 15) is 4.79 Å². The lowest BCUT2D eigenvalue weighted by atomic mass is 10.1. The van der Waals surface area contributed by atoms with Crippen LogP contribution in [0.25, 0.3) is 0 Å². The number of rotatable bonds is 7. The average molecular weight is 332 g/mol. The number of pyridine rings is 2. The summed E-state index contributed by atoms with van der Waals surface area (Å²) in [5.41, 5.74) is 3.57. The van der Waals surface area contributed by atoms with Gasteiger partial charge in [0.25, 0.3) is 5.91 Å². The molecule has 1 amide bonds. The zero-order valence-corrected chi connectivity index (χ0v) is 13.9. The molecule has 0 unspecified atom stereocenters. The Bertz CT molecular complexity index is 806. The minimum Gasteiger partial charge on any atom is -0.385 e. The molecule has 0 aliphatic rings. The molecule has 3 rings (SSSR count). The molecule has 0 aliphatic heterocycles. The van der Waals surface area contributed by atoms with E-state index in [0.29, 0.717) is 12.2 Å². The molecule has 2 N–H and O–H groups in total. The maximum atomic E-state index is 12.2. The van der Waals surface area contributed by atoms with Gasteiger partial charge in [0.15, 0.2) is 0 Å². The van der Waals surface area contributed by atoms with Crippen molar-refractivity contribution in [3.63, 3.8) is 0 Å². The van der Waals surface area contributed by atoms with Crippen LogP contribution in [0.4, 0.5) is 5.69 Å². The molecule has 0 fully saturated rings. The fourth-order valence-corrected chi connectivity index (χ4v) is 2.43. The van der Waals surface area contributed by atoms with Gasteiger partial charge in [-0.05, 0) is 41.8 Å². The second-order valence-electron chi connectivity index (χ2n) is 5.63. The van der Waals surface area contributed by atoms with Crippen LogP contribution >= 0.6 is 0 Å². The number of nitrogens with one attached hydrogen (secondary N) is 2. The van der Waals surface area contributed by atoms with Gasteiger partial charge in [0.2, 0.25) is 0 Å². The van der Waals surface area contributed by atoms with E-state index < -0.39 is 0 Å². The summed E-state index contributed by atoms with van der Waals surface area (Å²) in [6.45, 7) is 1.25. The van der Waals surface area contributed by atoms with Crippen molar-refractivity contribution in [2.24, 2.45) is 0 Å². The van der Waals surface area contributed by atoms with E-state index >= 15 is 0 Å². The highest BCUT2D eigenvalue weighted by Crippen LogP contribution is 2.09. The van der Waals surface area contributed by atoms with E-state index in [1.807, 2.05) is 36.4 Å². The Labute approximate surface area is 147 Å². The number of aromatic nitrogens is 2. The topological polar surface area (TPSA) is 66.9 Å². The van der Waals surface area contributed by atoms with Crippen molar-refractivity contribution < 1.29 is 4.79 Å². The number of hydrogen-bond donors (Lipinski definition) is 2. The Morgan fingerprint density at radius 3 is 2.52 bits per heavy atom. The molecule has 2 heterocycles. The molecule has 0 bridgehead atoms. The lowest BCUT2D eigenvalue weighted by Crippen LogP contribution is -2.23. The summed E-state index contributed by atoms with van der Waals surface area (Å²) in [6.07, 6.45) is 5.98. The maximum Gasteiger partial charge on any atom is 0.270 e. The number of amides is 1. The van der Waals surface area contributed by atoms with Gasteiger partial charge in [-0.25, -0.2) is 0 Å². The molecule has 2 aromatic heterocycles. The maximum absolute atomic E-state index is 12.2. The van der Waals surface area contributed by atoms with E-state index in [2.05, 4.69) is 32.7 Å². The first-order chi connectivity index (χ1) is 12.3. The molecular weight excluding hydrogens is 312 g/mol. The van der Waals surface area contributed by atoms with E-state index in [4.69, 9.17) is 0 Å². The molecule has 5 heteroatoms. The van der Waals surface area contributed by atoms with Gasteiger partial charge in [-0.1, -0.05) is 30.3 Å². The van der Waals surface area contributed by atoms with Crippen LogP contribution in [0, 0.1) is 0 Å². The molecule has 0 aliphatic carbocycles. The van der Waals surface area contributed by atoms with Crippen molar-refractivity contribution in [1.82, 2.24) is 15.3 Å². The van der Waals surface area contributed by atoms with Gasteiger partial charge < -0.3 is 10.6 Å². The second-order valence-corrected chi connectivity index (χ2v) is 5.63. The smallest absolute Gasteiger partial charge is 0.270 e. The van der Waals surface area contributed by atoms with E-state index in [0.717, 1.165) is 24.2 Å². The zero-order valence-electron chi connectivity index (χ0n) is 13.9. The standard InChI is InChI=1S/C20H20N4O/c25-20(24-15-17-6-10-21-11-7-17)19-14-18(9-13-23-19)22-12-8-16-4-2-1-3-5-16/h1-7,9-11,13-14H,8,12,15H2,(H,22,23)(H,24,25). The number of anilines is 1. The van der Waals surface area contributed by atoms with Crippen molar-refractivity contribution in [3.05, 3.63) is 90.0 Å². The Balaban J connectivity index is 1.52. The molecule has 0 saturated heterocycles. The van der Waals surface area contributed by atoms with Crippen LogP contribution in [0.3, 0.4) is 0 Å². The van der Waals surface area contributed by atoms with Gasteiger partial charge >= 0.3 is 0 Å². The molecular formula is C20H20N4O. The van der Waals surface area contributed by atoms with E-state index in [1.54, 1.807) is 24.7 Å². The van der Waals surface area contributed by atoms with Crippen LogP contribution in [0.15, 0.2) is 73.2 Å². The molecule has 0 atom stereocenters. The van der Waals surface area contributed by atoms with Gasteiger partial charge in [0.1, 0.15) is 5.69 Å². The molecule has 0 saturated carbocycles. The summed E-state index contributed by atoms with van der Waals surface area (Å²) in [5, 5.41) is 6.20. The number of hydrogen-bond acceptors (Lipinski definition) is 4. The van der Waals surface area contributed by atoms with E-state index in [1.165, 1.54) is 5.56 Å². The lowest BCUT2D eigenvalue weighted by molar-refractivity contribution is 0.0946. The Hall–Kier alpha value is -3.21. The number of benzene rings is 1. The quantitative estimate of drug-likeness (QED) is 0.698. The predicted octanol–water partition coefficient (Wildman–Crippen LogP) is 3.06. The third-order valence-electron chi connectivity index (χ3n) is 3.78. The fourth-order valence-electron chi connectivity index (χ4n) is 2.43. The van der Waals surface area contributed by atoms with Crippen LogP contribution in [0.1, 0.15) is 21.6 Å². The minimum atomic E-state index is -0.191. The summed E-state index contributed by atoms with van der Waals surface area (Å²) >= 11 is 0. The van der Waals surface area contributed by atoms with Crippen molar-refractivity contribution in [3.8, 4) is 0 Å². The first kappa shape index (κ1) is 16.6. The summed E-state index contributed by atoms with van der Waals surface area (Å²) < 4.78 is 0. The lowest BCUT2D eigenvalue weighted by Gasteiger charge is -2.09.